The maximum Gasteiger partial charge on any atom is 0.270 e. The molecule has 5 nitrogen and oxygen atoms in total. The van der Waals surface area contributed by atoms with E-state index in [9.17, 15) is 4.79 Å². The lowest BCUT2D eigenvalue weighted by molar-refractivity contribution is 0.0949. The molecule has 0 bridgehead atoms. The Kier molecular flexibility index (Phi) is 5.23. The summed E-state index contributed by atoms with van der Waals surface area (Å²) in [7, 11) is 3.44. The molecule has 0 unspecified atom stereocenters. The Hall–Kier alpha value is -0.980. The van der Waals surface area contributed by atoms with Crippen LogP contribution in [0.3, 0.4) is 0 Å². The number of hydrogen-bond acceptors (Lipinski definition) is 5. The first kappa shape index (κ1) is 12.1. The molecular formula is C9H15N3O2S. The van der Waals surface area contributed by atoms with Crippen molar-refractivity contribution in [1.82, 2.24) is 15.6 Å². The molecular weight excluding hydrogens is 214 g/mol. The van der Waals surface area contributed by atoms with E-state index in [2.05, 4.69) is 15.6 Å². The lowest BCUT2D eigenvalue weighted by atomic mass is 10.4. The van der Waals surface area contributed by atoms with E-state index in [4.69, 9.17) is 4.74 Å². The standard InChI is InChI=1S/C9H15N3O2S/c1-10-3-4-11-9(13)7-6-15-8(12-7)5-14-2/h6,10H,3-5H2,1-2H3,(H,11,13). The fraction of sp³-hybridized carbons (Fsp3) is 0.556. The van der Waals surface area contributed by atoms with Gasteiger partial charge in [0, 0.05) is 25.6 Å². The van der Waals surface area contributed by atoms with Crippen molar-refractivity contribution in [2.75, 3.05) is 27.2 Å². The largest absolute Gasteiger partial charge is 0.378 e. The van der Waals surface area contributed by atoms with Crippen molar-refractivity contribution in [1.29, 1.82) is 0 Å². The van der Waals surface area contributed by atoms with Gasteiger partial charge in [0.1, 0.15) is 10.7 Å². The highest BCUT2D eigenvalue weighted by Gasteiger charge is 2.09. The predicted octanol–water partition coefficient (Wildman–Crippen LogP) is 0.239. The number of carbonyl (C=O) groups is 1. The molecule has 1 aromatic rings. The van der Waals surface area contributed by atoms with E-state index >= 15 is 0 Å². The number of nitrogens with one attached hydrogen (secondary N) is 2. The monoisotopic (exact) mass is 229 g/mol. The highest BCUT2D eigenvalue weighted by molar-refractivity contribution is 7.09. The molecule has 1 rings (SSSR count). The van der Waals surface area contributed by atoms with Gasteiger partial charge in [0.05, 0.1) is 6.61 Å². The van der Waals surface area contributed by atoms with Crippen LogP contribution in [0.1, 0.15) is 15.5 Å². The van der Waals surface area contributed by atoms with Crippen LogP contribution in [-0.4, -0.2) is 38.1 Å². The summed E-state index contributed by atoms with van der Waals surface area (Å²) in [5.74, 6) is -0.135. The average Bonchev–Trinajstić information content (AvgIpc) is 2.67. The molecule has 1 aromatic heterocycles. The minimum Gasteiger partial charge on any atom is -0.378 e. The second-order valence-electron chi connectivity index (χ2n) is 2.92. The number of thiazole rings is 1. The van der Waals surface area contributed by atoms with Crippen molar-refractivity contribution in [2.24, 2.45) is 0 Å². The van der Waals surface area contributed by atoms with Crippen molar-refractivity contribution in [2.45, 2.75) is 6.61 Å². The summed E-state index contributed by atoms with van der Waals surface area (Å²) in [5.41, 5.74) is 0.461. The first-order chi connectivity index (χ1) is 7.27. The number of ether oxygens (including phenoxy) is 1. The molecule has 0 saturated carbocycles. The van der Waals surface area contributed by atoms with Crippen LogP contribution in [0.25, 0.3) is 0 Å². The third-order valence-electron chi connectivity index (χ3n) is 1.71. The second kappa shape index (κ2) is 6.49. The molecule has 0 atom stereocenters. The fourth-order valence-corrected chi connectivity index (χ4v) is 1.74. The zero-order chi connectivity index (χ0) is 11.1. The smallest absolute Gasteiger partial charge is 0.270 e. The molecule has 0 saturated heterocycles. The fourth-order valence-electron chi connectivity index (χ4n) is 0.997. The summed E-state index contributed by atoms with van der Waals surface area (Å²) in [6.07, 6.45) is 0. The maximum atomic E-state index is 11.5. The van der Waals surface area contributed by atoms with Gasteiger partial charge in [-0.2, -0.15) is 0 Å². The van der Waals surface area contributed by atoms with E-state index in [0.717, 1.165) is 11.6 Å². The van der Waals surface area contributed by atoms with Crippen LogP contribution in [0.4, 0.5) is 0 Å². The normalized spacial score (nSPS) is 10.3. The summed E-state index contributed by atoms with van der Waals surface area (Å²) in [4.78, 5) is 15.6. The molecule has 0 aromatic carbocycles. The zero-order valence-corrected chi connectivity index (χ0v) is 9.69. The Morgan fingerprint density at radius 2 is 2.40 bits per heavy atom. The number of methoxy groups -OCH3 is 1. The Bertz CT molecular complexity index is 314. The number of likely N-dealkylation sites (N-methyl/N-ethyl adjacent to an activating group) is 1. The molecule has 1 amide bonds. The lowest BCUT2D eigenvalue weighted by Crippen LogP contribution is -2.30. The van der Waals surface area contributed by atoms with E-state index in [1.165, 1.54) is 11.3 Å². The first-order valence-corrected chi connectivity index (χ1v) is 5.52. The van der Waals surface area contributed by atoms with Crippen LogP contribution in [0.15, 0.2) is 5.38 Å². The van der Waals surface area contributed by atoms with Crippen LogP contribution in [0.5, 0.6) is 0 Å². The van der Waals surface area contributed by atoms with Crippen molar-refractivity contribution >= 4 is 17.2 Å². The van der Waals surface area contributed by atoms with Crippen LogP contribution in [0, 0.1) is 0 Å². The van der Waals surface area contributed by atoms with Gasteiger partial charge in [0.25, 0.3) is 5.91 Å². The van der Waals surface area contributed by atoms with Gasteiger partial charge in [0.2, 0.25) is 0 Å². The third-order valence-corrected chi connectivity index (χ3v) is 2.54. The average molecular weight is 229 g/mol. The number of rotatable bonds is 6. The maximum absolute atomic E-state index is 11.5. The van der Waals surface area contributed by atoms with E-state index in [1.807, 2.05) is 7.05 Å². The third kappa shape index (κ3) is 3.94. The minimum absolute atomic E-state index is 0.135. The quantitative estimate of drug-likeness (QED) is 0.686. The molecule has 0 radical (unpaired) electrons. The number of hydrogen-bond donors (Lipinski definition) is 2. The van der Waals surface area contributed by atoms with Crippen LogP contribution < -0.4 is 10.6 Å². The highest BCUT2D eigenvalue weighted by Crippen LogP contribution is 2.10. The Morgan fingerprint density at radius 3 is 3.07 bits per heavy atom. The predicted molar refractivity (Wildman–Crippen MR) is 59.1 cm³/mol. The number of carbonyl (C=O) groups excluding carboxylic acids is 1. The van der Waals surface area contributed by atoms with E-state index in [-0.39, 0.29) is 5.91 Å². The molecule has 0 aliphatic carbocycles. The van der Waals surface area contributed by atoms with Gasteiger partial charge in [-0.25, -0.2) is 4.98 Å². The van der Waals surface area contributed by atoms with Gasteiger partial charge in [-0.3, -0.25) is 4.79 Å². The van der Waals surface area contributed by atoms with Crippen molar-refractivity contribution in [3.63, 3.8) is 0 Å². The Morgan fingerprint density at radius 1 is 1.60 bits per heavy atom. The van der Waals surface area contributed by atoms with Crippen LogP contribution in [0.2, 0.25) is 0 Å². The molecule has 0 fully saturated rings. The second-order valence-corrected chi connectivity index (χ2v) is 3.86. The number of nitrogens with zero attached hydrogens (tertiary/aromatic N) is 1. The van der Waals surface area contributed by atoms with Gasteiger partial charge in [0.15, 0.2) is 0 Å². The van der Waals surface area contributed by atoms with Gasteiger partial charge >= 0.3 is 0 Å². The first-order valence-electron chi connectivity index (χ1n) is 4.64. The topological polar surface area (TPSA) is 63.2 Å². The molecule has 6 heteroatoms. The lowest BCUT2D eigenvalue weighted by Gasteiger charge is -2.01. The number of amides is 1. The van der Waals surface area contributed by atoms with Crippen molar-refractivity contribution < 1.29 is 9.53 Å². The zero-order valence-electron chi connectivity index (χ0n) is 8.87. The summed E-state index contributed by atoms with van der Waals surface area (Å²) >= 11 is 1.43. The van der Waals surface area contributed by atoms with E-state index in [1.54, 1.807) is 12.5 Å². The summed E-state index contributed by atoms with van der Waals surface area (Å²) in [5, 5.41) is 8.26. The van der Waals surface area contributed by atoms with Gasteiger partial charge in [-0.1, -0.05) is 0 Å². The molecule has 0 aliphatic heterocycles. The van der Waals surface area contributed by atoms with Gasteiger partial charge in [-0.05, 0) is 7.05 Å². The number of aromatic nitrogens is 1. The molecule has 84 valence electrons. The van der Waals surface area contributed by atoms with E-state index in [0.29, 0.717) is 18.8 Å². The molecule has 0 aliphatic rings. The van der Waals surface area contributed by atoms with Crippen molar-refractivity contribution in [3.8, 4) is 0 Å². The van der Waals surface area contributed by atoms with Crippen LogP contribution >= 0.6 is 11.3 Å². The Labute approximate surface area is 92.9 Å². The van der Waals surface area contributed by atoms with E-state index < -0.39 is 0 Å². The SMILES string of the molecule is CNCCNC(=O)c1csc(COC)n1. The summed E-state index contributed by atoms with van der Waals surface area (Å²) in [6.45, 7) is 1.81. The molecule has 0 spiro atoms. The van der Waals surface area contributed by atoms with Crippen molar-refractivity contribution in [3.05, 3.63) is 16.1 Å². The van der Waals surface area contributed by atoms with Gasteiger partial charge in [-0.15, -0.1) is 11.3 Å². The molecule has 2 N–H and O–H groups in total. The highest BCUT2D eigenvalue weighted by atomic mass is 32.1. The summed E-state index contributed by atoms with van der Waals surface area (Å²) in [6, 6.07) is 0. The molecule has 15 heavy (non-hydrogen) atoms. The minimum atomic E-state index is -0.135. The molecule has 1 heterocycles. The van der Waals surface area contributed by atoms with Crippen LogP contribution in [-0.2, 0) is 11.3 Å². The summed E-state index contributed by atoms with van der Waals surface area (Å²) < 4.78 is 4.93. The Balaban J connectivity index is 2.43. The van der Waals surface area contributed by atoms with Gasteiger partial charge < -0.3 is 15.4 Å².